The minimum absolute atomic E-state index is 0.0171. The van der Waals surface area contributed by atoms with Crippen molar-refractivity contribution in [3.63, 3.8) is 0 Å². The van der Waals surface area contributed by atoms with Crippen LogP contribution in [0.15, 0.2) is 51.8 Å². The number of ketones is 1. The van der Waals surface area contributed by atoms with E-state index in [2.05, 4.69) is 16.0 Å². The number of pyridine rings is 1. The number of benzene rings is 1. The van der Waals surface area contributed by atoms with E-state index in [0.29, 0.717) is 5.69 Å². The maximum absolute atomic E-state index is 11.2. The topological polar surface area (TPSA) is 42.9 Å². The molecule has 0 unspecified atom stereocenters. The third-order valence-corrected chi connectivity index (χ3v) is 4.65. The molecule has 0 aliphatic heterocycles. The molecule has 0 saturated carbocycles. The van der Waals surface area contributed by atoms with E-state index in [-0.39, 0.29) is 5.78 Å². The van der Waals surface area contributed by atoms with Crippen LogP contribution < -0.4 is 0 Å². The van der Waals surface area contributed by atoms with Crippen LogP contribution in [0.3, 0.4) is 0 Å². The maximum atomic E-state index is 11.2. The zero-order valence-corrected chi connectivity index (χ0v) is 11.8. The van der Waals surface area contributed by atoms with E-state index in [1.54, 1.807) is 35.4 Å². The molecule has 0 amide bonds. The first-order valence-corrected chi connectivity index (χ1v) is 7.36. The average molecular weight is 286 g/mol. The van der Waals surface area contributed by atoms with E-state index < -0.39 is 0 Å². The number of hydrogen-bond acceptors (Lipinski definition) is 5. The van der Waals surface area contributed by atoms with Gasteiger partial charge < -0.3 is 0 Å². The monoisotopic (exact) mass is 286 g/mol. The van der Waals surface area contributed by atoms with Crippen LogP contribution >= 0.6 is 23.1 Å². The number of Topliss-reactive ketones (excluding diaryl/α,β-unsaturated/α-hetero) is 1. The molecule has 0 aliphatic carbocycles. The highest BCUT2D eigenvalue weighted by atomic mass is 32.2. The van der Waals surface area contributed by atoms with Crippen molar-refractivity contribution in [3.8, 4) is 0 Å². The van der Waals surface area contributed by atoms with Crippen molar-refractivity contribution in [2.24, 2.45) is 0 Å². The molecule has 3 rings (SSSR count). The molecule has 2 heterocycles. The van der Waals surface area contributed by atoms with Crippen molar-refractivity contribution in [2.75, 3.05) is 0 Å². The Morgan fingerprint density at radius 3 is 2.74 bits per heavy atom. The van der Waals surface area contributed by atoms with E-state index in [1.165, 1.54) is 11.6 Å². The standard InChI is InChI=1S/C14H10N2OS2/c1-9(17)11-7-6-10(8-15-11)18-14-16-12-4-2-3-5-13(12)19-14/h2-8H,1H3. The number of nitrogens with zero attached hydrogens (tertiary/aromatic N) is 2. The van der Waals surface area contributed by atoms with Gasteiger partial charge in [-0.2, -0.15) is 0 Å². The second-order valence-electron chi connectivity index (χ2n) is 3.98. The largest absolute Gasteiger partial charge is 0.293 e. The number of fused-ring (bicyclic) bond motifs is 1. The molecule has 0 N–H and O–H groups in total. The zero-order valence-electron chi connectivity index (χ0n) is 10.2. The Morgan fingerprint density at radius 1 is 1.21 bits per heavy atom. The number of para-hydroxylation sites is 1. The molecule has 5 heteroatoms. The van der Waals surface area contributed by atoms with Crippen LogP contribution in [-0.2, 0) is 0 Å². The van der Waals surface area contributed by atoms with Crippen LogP contribution in [0.4, 0.5) is 0 Å². The fourth-order valence-corrected chi connectivity index (χ4v) is 3.65. The van der Waals surface area contributed by atoms with Gasteiger partial charge in [-0.15, -0.1) is 11.3 Å². The lowest BCUT2D eigenvalue weighted by molar-refractivity contribution is 0.101. The van der Waals surface area contributed by atoms with Gasteiger partial charge >= 0.3 is 0 Å². The predicted octanol–water partition coefficient (Wildman–Crippen LogP) is 4.05. The Bertz CT molecular complexity index is 702. The minimum Gasteiger partial charge on any atom is -0.293 e. The quantitative estimate of drug-likeness (QED) is 0.681. The molecule has 0 bridgehead atoms. The summed E-state index contributed by atoms with van der Waals surface area (Å²) in [4.78, 5) is 20.8. The van der Waals surface area contributed by atoms with Crippen molar-refractivity contribution in [1.82, 2.24) is 9.97 Å². The van der Waals surface area contributed by atoms with Gasteiger partial charge in [0.1, 0.15) is 5.69 Å². The molecule has 2 aromatic heterocycles. The third kappa shape index (κ3) is 2.67. The molecule has 1 aromatic carbocycles. The molecule has 3 nitrogen and oxygen atoms in total. The van der Waals surface area contributed by atoms with Gasteiger partial charge in [-0.25, -0.2) is 4.98 Å². The van der Waals surface area contributed by atoms with Gasteiger partial charge in [0.15, 0.2) is 10.1 Å². The molecule has 0 aliphatic rings. The van der Waals surface area contributed by atoms with Gasteiger partial charge in [-0.05, 0) is 24.3 Å². The number of carbonyl (C=O) groups excluding carboxylic acids is 1. The Labute approximate surface area is 118 Å². The first-order valence-electron chi connectivity index (χ1n) is 5.73. The lowest BCUT2D eigenvalue weighted by Gasteiger charge is -1.98. The average Bonchev–Trinajstić information content (AvgIpc) is 2.81. The Balaban J connectivity index is 1.86. The van der Waals surface area contributed by atoms with Crippen LogP contribution in [0.25, 0.3) is 10.2 Å². The molecule has 0 saturated heterocycles. The molecule has 0 spiro atoms. The van der Waals surface area contributed by atoms with E-state index >= 15 is 0 Å². The zero-order chi connectivity index (χ0) is 13.2. The van der Waals surface area contributed by atoms with E-state index in [4.69, 9.17) is 0 Å². The van der Waals surface area contributed by atoms with Crippen molar-refractivity contribution < 1.29 is 4.79 Å². The molecule has 0 atom stereocenters. The Morgan fingerprint density at radius 2 is 2.05 bits per heavy atom. The Hall–Kier alpha value is -1.72. The van der Waals surface area contributed by atoms with Gasteiger partial charge in [0.05, 0.1) is 10.2 Å². The van der Waals surface area contributed by atoms with Crippen molar-refractivity contribution in [2.45, 2.75) is 16.2 Å². The van der Waals surface area contributed by atoms with Crippen LogP contribution in [0, 0.1) is 0 Å². The van der Waals surface area contributed by atoms with Gasteiger partial charge in [-0.1, -0.05) is 23.9 Å². The third-order valence-electron chi connectivity index (χ3n) is 2.58. The summed E-state index contributed by atoms with van der Waals surface area (Å²) in [6.07, 6.45) is 1.72. The second-order valence-corrected chi connectivity index (χ2v) is 6.34. The highest BCUT2D eigenvalue weighted by Gasteiger charge is 2.06. The summed E-state index contributed by atoms with van der Waals surface area (Å²) in [5, 5.41) is 0. The minimum atomic E-state index is -0.0171. The van der Waals surface area contributed by atoms with E-state index in [1.807, 2.05) is 24.3 Å². The van der Waals surface area contributed by atoms with E-state index in [9.17, 15) is 4.79 Å². The number of rotatable bonds is 3. The van der Waals surface area contributed by atoms with Crippen LogP contribution in [-0.4, -0.2) is 15.8 Å². The fourth-order valence-electron chi connectivity index (χ4n) is 1.64. The summed E-state index contributed by atoms with van der Waals surface area (Å²) in [5.74, 6) is -0.0171. The lowest BCUT2D eigenvalue weighted by atomic mass is 10.3. The number of hydrogen-bond donors (Lipinski definition) is 0. The number of carbonyl (C=O) groups is 1. The predicted molar refractivity (Wildman–Crippen MR) is 78.0 cm³/mol. The SMILES string of the molecule is CC(=O)c1ccc(Sc2nc3ccccc3s2)cn1. The summed E-state index contributed by atoms with van der Waals surface area (Å²) in [5.41, 5.74) is 1.51. The molecule has 3 aromatic rings. The van der Waals surface area contributed by atoms with E-state index in [0.717, 1.165) is 14.8 Å². The van der Waals surface area contributed by atoms with Crippen LogP contribution in [0.5, 0.6) is 0 Å². The highest BCUT2D eigenvalue weighted by Crippen LogP contribution is 2.33. The van der Waals surface area contributed by atoms with Crippen molar-refractivity contribution >= 4 is 39.1 Å². The fraction of sp³-hybridized carbons (Fsp3) is 0.0714. The molecule has 94 valence electrons. The van der Waals surface area contributed by atoms with Gasteiger partial charge in [0, 0.05) is 18.0 Å². The molecule has 19 heavy (non-hydrogen) atoms. The summed E-state index contributed by atoms with van der Waals surface area (Å²) < 4.78 is 2.16. The summed E-state index contributed by atoms with van der Waals surface area (Å²) in [7, 11) is 0. The maximum Gasteiger partial charge on any atom is 0.178 e. The second kappa shape index (κ2) is 5.11. The number of thiazole rings is 1. The molecule has 0 radical (unpaired) electrons. The van der Waals surface area contributed by atoms with Crippen LogP contribution in [0.1, 0.15) is 17.4 Å². The van der Waals surface area contributed by atoms with Crippen LogP contribution in [0.2, 0.25) is 0 Å². The molecule has 0 fully saturated rings. The molecular formula is C14H10N2OS2. The summed E-state index contributed by atoms with van der Waals surface area (Å²) in [6, 6.07) is 11.7. The van der Waals surface area contributed by atoms with Crippen molar-refractivity contribution in [1.29, 1.82) is 0 Å². The normalized spacial score (nSPS) is 10.8. The van der Waals surface area contributed by atoms with Gasteiger partial charge in [0.2, 0.25) is 0 Å². The summed E-state index contributed by atoms with van der Waals surface area (Å²) in [6.45, 7) is 1.52. The smallest absolute Gasteiger partial charge is 0.178 e. The van der Waals surface area contributed by atoms with Crippen molar-refractivity contribution in [3.05, 3.63) is 48.3 Å². The first kappa shape index (κ1) is 12.3. The summed E-state index contributed by atoms with van der Waals surface area (Å²) >= 11 is 3.23. The molecular weight excluding hydrogens is 276 g/mol. The first-order chi connectivity index (χ1) is 9.22. The van der Waals surface area contributed by atoms with Gasteiger partial charge in [-0.3, -0.25) is 9.78 Å². The Kier molecular flexibility index (Phi) is 3.31. The lowest BCUT2D eigenvalue weighted by Crippen LogP contribution is -1.94. The number of aromatic nitrogens is 2. The van der Waals surface area contributed by atoms with Gasteiger partial charge in [0.25, 0.3) is 0 Å². The highest BCUT2D eigenvalue weighted by molar-refractivity contribution is 8.01.